The number of carbonyl (C=O) groups excluding carboxylic acids is 1. The van der Waals surface area contributed by atoms with Crippen LogP contribution in [0.15, 0.2) is 18.2 Å². The van der Waals surface area contributed by atoms with E-state index in [1.165, 1.54) is 12.1 Å². The number of esters is 1. The summed E-state index contributed by atoms with van der Waals surface area (Å²) in [6.07, 6.45) is 0. The molecule has 0 radical (unpaired) electrons. The van der Waals surface area contributed by atoms with E-state index in [1.807, 2.05) is 0 Å². The Kier molecular flexibility index (Phi) is 4.30. The Hall–Kier alpha value is -1.80. The SMILES string of the molecule is CC(=O)Oc1ccc(CS(=O)[O-])cc1[N+](=O)[O-]. The number of carbonyl (C=O) groups is 1. The third-order valence-corrected chi connectivity index (χ3v) is 2.33. The van der Waals surface area contributed by atoms with Crippen LogP contribution in [-0.4, -0.2) is 19.7 Å². The van der Waals surface area contributed by atoms with Crippen LogP contribution in [0.25, 0.3) is 0 Å². The quantitative estimate of drug-likeness (QED) is 0.261. The minimum Gasteiger partial charge on any atom is -0.772 e. The molecular formula is C9H8NO6S-. The molecule has 0 saturated carbocycles. The molecule has 7 nitrogen and oxygen atoms in total. The Morgan fingerprint density at radius 2 is 2.18 bits per heavy atom. The Morgan fingerprint density at radius 1 is 1.53 bits per heavy atom. The van der Waals surface area contributed by atoms with Crippen LogP contribution in [0, 0.1) is 10.1 Å². The summed E-state index contributed by atoms with van der Waals surface area (Å²) >= 11 is -2.34. The van der Waals surface area contributed by atoms with Gasteiger partial charge < -0.3 is 9.29 Å². The first kappa shape index (κ1) is 13.3. The van der Waals surface area contributed by atoms with Crippen LogP contribution >= 0.6 is 0 Å². The maximum absolute atomic E-state index is 10.7. The molecule has 0 saturated heterocycles. The van der Waals surface area contributed by atoms with E-state index in [9.17, 15) is 23.7 Å². The van der Waals surface area contributed by atoms with Gasteiger partial charge in [0.15, 0.2) is 0 Å². The lowest BCUT2D eigenvalue weighted by molar-refractivity contribution is -0.385. The summed E-state index contributed by atoms with van der Waals surface area (Å²) in [6.45, 7) is 1.12. The molecule has 0 N–H and O–H groups in total. The van der Waals surface area contributed by atoms with Crippen molar-refractivity contribution in [2.45, 2.75) is 12.7 Å². The summed E-state index contributed by atoms with van der Waals surface area (Å²) in [5.74, 6) is -1.22. The molecule has 0 amide bonds. The number of hydrogen-bond donors (Lipinski definition) is 0. The highest BCUT2D eigenvalue weighted by atomic mass is 32.2. The lowest BCUT2D eigenvalue weighted by Crippen LogP contribution is -2.05. The summed E-state index contributed by atoms with van der Waals surface area (Å²) in [4.78, 5) is 20.7. The van der Waals surface area contributed by atoms with Crippen molar-refractivity contribution in [1.82, 2.24) is 0 Å². The van der Waals surface area contributed by atoms with Gasteiger partial charge in [-0.3, -0.25) is 19.1 Å². The molecule has 0 aromatic heterocycles. The molecule has 1 aromatic rings. The molecule has 0 aliphatic rings. The van der Waals surface area contributed by atoms with Gasteiger partial charge in [-0.2, -0.15) is 0 Å². The predicted molar refractivity (Wildman–Crippen MR) is 57.0 cm³/mol. The van der Waals surface area contributed by atoms with Crippen molar-refractivity contribution >= 4 is 22.7 Å². The van der Waals surface area contributed by atoms with Crippen molar-refractivity contribution in [3.63, 3.8) is 0 Å². The highest BCUT2D eigenvalue weighted by molar-refractivity contribution is 7.78. The molecule has 1 rings (SSSR count). The molecule has 0 spiro atoms. The number of nitro groups is 1. The molecule has 0 bridgehead atoms. The van der Waals surface area contributed by atoms with E-state index < -0.39 is 27.7 Å². The Bertz CT molecular complexity index is 486. The molecule has 0 aliphatic heterocycles. The van der Waals surface area contributed by atoms with Crippen LogP contribution in [0.5, 0.6) is 5.75 Å². The summed E-state index contributed by atoms with van der Waals surface area (Å²) in [6, 6.07) is 3.61. The maximum Gasteiger partial charge on any atom is 0.311 e. The number of hydrogen-bond acceptors (Lipinski definition) is 6. The molecule has 0 heterocycles. The van der Waals surface area contributed by atoms with Crippen molar-refractivity contribution in [1.29, 1.82) is 0 Å². The van der Waals surface area contributed by atoms with E-state index in [1.54, 1.807) is 0 Å². The summed E-state index contributed by atoms with van der Waals surface area (Å²) < 4.78 is 25.5. The van der Waals surface area contributed by atoms with E-state index >= 15 is 0 Å². The summed E-state index contributed by atoms with van der Waals surface area (Å²) in [5, 5.41) is 10.7. The Morgan fingerprint density at radius 3 is 2.65 bits per heavy atom. The lowest BCUT2D eigenvalue weighted by atomic mass is 10.2. The van der Waals surface area contributed by atoms with E-state index in [-0.39, 0.29) is 17.1 Å². The average Bonchev–Trinajstić information content (AvgIpc) is 2.18. The van der Waals surface area contributed by atoms with Crippen LogP contribution in [-0.2, 0) is 21.6 Å². The summed E-state index contributed by atoms with van der Waals surface area (Å²) in [5.41, 5.74) is -0.191. The van der Waals surface area contributed by atoms with Crippen LogP contribution in [0.4, 0.5) is 5.69 Å². The largest absolute Gasteiger partial charge is 0.772 e. The molecular weight excluding hydrogens is 250 g/mol. The molecule has 17 heavy (non-hydrogen) atoms. The van der Waals surface area contributed by atoms with Crippen LogP contribution in [0.2, 0.25) is 0 Å². The van der Waals surface area contributed by atoms with Crippen molar-refractivity contribution in [2.75, 3.05) is 0 Å². The van der Waals surface area contributed by atoms with Crippen molar-refractivity contribution in [3.8, 4) is 5.75 Å². The second-order valence-electron chi connectivity index (χ2n) is 3.10. The van der Waals surface area contributed by atoms with Gasteiger partial charge in [0, 0.05) is 18.7 Å². The number of nitro benzene ring substituents is 1. The third-order valence-electron chi connectivity index (χ3n) is 1.76. The molecule has 1 aromatic carbocycles. The lowest BCUT2D eigenvalue weighted by Gasteiger charge is -2.07. The second-order valence-corrected chi connectivity index (χ2v) is 4.00. The Balaban J connectivity index is 3.12. The van der Waals surface area contributed by atoms with Gasteiger partial charge in [-0.1, -0.05) is 17.1 Å². The van der Waals surface area contributed by atoms with Gasteiger partial charge >= 0.3 is 11.7 Å². The van der Waals surface area contributed by atoms with Crippen LogP contribution in [0.3, 0.4) is 0 Å². The standard InChI is InChI=1S/C9H9NO6S/c1-6(11)16-9-3-2-7(5-17(14)15)4-8(9)10(12)13/h2-4H,5H2,1H3,(H,14,15)/p-1. The zero-order valence-corrected chi connectivity index (χ0v) is 9.56. The van der Waals surface area contributed by atoms with Gasteiger partial charge in [-0.15, -0.1) is 0 Å². The molecule has 0 aliphatic carbocycles. The second kappa shape index (κ2) is 5.51. The minimum atomic E-state index is -2.34. The molecule has 1 unspecified atom stereocenters. The molecule has 1 atom stereocenters. The third kappa shape index (κ3) is 3.93. The van der Waals surface area contributed by atoms with Gasteiger partial charge in [0.25, 0.3) is 0 Å². The smallest absolute Gasteiger partial charge is 0.311 e. The van der Waals surface area contributed by atoms with Gasteiger partial charge in [0.1, 0.15) is 0 Å². The average molecular weight is 258 g/mol. The van der Waals surface area contributed by atoms with E-state index in [2.05, 4.69) is 4.74 Å². The first-order valence-electron chi connectivity index (χ1n) is 4.41. The topological polar surface area (TPSA) is 110 Å². The van der Waals surface area contributed by atoms with E-state index in [4.69, 9.17) is 0 Å². The number of nitrogens with zero attached hydrogens (tertiary/aromatic N) is 1. The Labute approximate surface area is 98.8 Å². The fourth-order valence-corrected chi connectivity index (χ4v) is 1.62. The van der Waals surface area contributed by atoms with E-state index in [0.717, 1.165) is 13.0 Å². The van der Waals surface area contributed by atoms with Gasteiger partial charge in [-0.05, 0) is 11.6 Å². The van der Waals surface area contributed by atoms with Crippen LogP contribution < -0.4 is 4.74 Å². The monoisotopic (exact) mass is 258 g/mol. The number of benzene rings is 1. The predicted octanol–water partition coefficient (Wildman–Crippen LogP) is 0.899. The van der Waals surface area contributed by atoms with Crippen LogP contribution in [0.1, 0.15) is 12.5 Å². The fourth-order valence-electron chi connectivity index (χ4n) is 1.17. The van der Waals surface area contributed by atoms with Gasteiger partial charge in [-0.25, -0.2) is 0 Å². The van der Waals surface area contributed by atoms with Gasteiger partial charge in [0.05, 0.1) is 4.92 Å². The zero-order valence-electron chi connectivity index (χ0n) is 8.74. The van der Waals surface area contributed by atoms with Crippen molar-refractivity contribution in [2.24, 2.45) is 0 Å². The highest BCUT2D eigenvalue weighted by Gasteiger charge is 2.17. The van der Waals surface area contributed by atoms with Gasteiger partial charge in [0.2, 0.25) is 5.75 Å². The molecule has 0 fully saturated rings. The zero-order chi connectivity index (χ0) is 13.0. The first-order valence-corrected chi connectivity index (χ1v) is 5.66. The van der Waals surface area contributed by atoms with Crippen molar-refractivity contribution in [3.05, 3.63) is 33.9 Å². The number of ether oxygens (including phenoxy) is 1. The maximum atomic E-state index is 10.7. The minimum absolute atomic E-state index is 0.206. The molecule has 8 heteroatoms. The molecule has 92 valence electrons. The first-order chi connectivity index (χ1) is 7.90. The van der Waals surface area contributed by atoms with Crippen molar-refractivity contribution < 1.29 is 23.2 Å². The highest BCUT2D eigenvalue weighted by Crippen LogP contribution is 2.28. The fraction of sp³-hybridized carbons (Fsp3) is 0.222. The normalized spacial score (nSPS) is 11.9. The summed E-state index contributed by atoms with van der Waals surface area (Å²) in [7, 11) is 0. The number of rotatable bonds is 4. The van der Waals surface area contributed by atoms with E-state index in [0.29, 0.717) is 0 Å².